The molecular formula is C24H24F4N4O. The number of piperidine rings is 1. The third kappa shape index (κ3) is 5.24. The van der Waals surface area contributed by atoms with E-state index in [0.29, 0.717) is 49.3 Å². The summed E-state index contributed by atoms with van der Waals surface area (Å²) in [6.45, 7) is 3.47. The van der Waals surface area contributed by atoms with Gasteiger partial charge in [0.25, 0.3) is 5.91 Å². The molecule has 2 aromatic carbocycles. The molecule has 4 rings (SSSR count). The topological polar surface area (TPSA) is 50.2 Å². The summed E-state index contributed by atoms with van der Waals surface area (Å²) in [5.41, 5.74) is 1.16. The molecule has 1 N–H and O–H groups in total. The van der Waals surface area contributed by atoms with E-state index in [1.807, 2.05) is 0 Å². The predicted molar refractivity (Wildman–Crippen MR) is 115 cm³/mol. The molecule has 1 aliphatic rings. The highest BCUT2D eigenvalue weighted by Crippen LogP contribution is 2.30. The van der Waals surface area contributed by atoms with E-state index in [-0.39, 0.29) is 17.6 Å². The van der Waals surface area contributed by atoms with E-state index in [4.69, 9.17) is 0 Å². The Labute approximate surface area is 189 Å². The molecule has 0 bridgehead atoms. The Morgan fingerprint density at radius 3 is 2.55 bits per heavy atom. The highest BCUT2D eigenvalue weighted by atomic mass is 19.4. The first-order valence-corrected chi connectivity index (χ1v) is 10.7. The minimum Gasteiger partial charge on any atom is -0.349 e. The molecule has 1 amide bonds. The number of alkyl halides is 3. The second-order valence-electron chi connectivity index (χ2n) is 8.23. The summed E-state index contributed by atoms with van der Waals surface area (Å²) in [6, 6.07) is 11.5. The normalized spacial score (nSPS) is 15.5. The monoisotopic (exact) mass is 460 g/mol. The number of para-hydroxylation sites is 1. The highest BCUT2D eigenvalue weighted by molar-refractivity contribution is 5.95. The lowest BCUT2D eigenvalue weighted by Gasteiger charge is -2.32. The van der Waals surface area contributed by atoms with Crippen LogP contribution in [0.15, 0.2) is 54.7 Å². The fourth-order valence-corrected chi connectivity index (χ4v) is 4.10. The first-order valence-electron chi connectivity index (χ1n) is 10.7. The number of likely N-dealkylation sites (tertiary alicyclic amines) is 1. The molecule has 0 radical (unpaired) electrons. The van der Waals surface area contributed by atoms with Crippen LogP contribution in [-0.2, 0) is 12.7 Å². The van der Waals surface area contributed by atoms with Gasteiger partial charge in [0.15, 0.2) is 0 Å². The van der Waals surface area contributed by atoms with Crippen molar-refractivity contribution in [2.45, 2.75) is 38.5 Å². The fourth-order valence-electron chi connectivity index (χ4n) is 4.10. The van der Waals surface area contributed by atoms with Gasteiger partial charge in [-0.05, 0) is 43.5 Å². The van der Waals surface area contributed by atoms with E-state index in [9.17, 15) is 22.4 Å². The molecule has 0 unspecified atom stereocenters. The zero-order valence-electron chi connectivity index (χ0n) is 18.1. The largest absolute Gasteiger partial charge is 0.416 e. The Bertz CT molecular complexity index is 1130. The lowest BCUT2D eigenvalue weighted by atomic mass is 10.0. The number of hydrogen-bond donors (Lipinski definition) is 1. The number of nitrogens with zero attached hydrogens (tertiary/aromatic N) is 3. The molecule has 0 spiro atoms. The van der Waals surface area contributed by atoms with Crippen molar-refractivity contribution in [1.29, 1.82) is 0 Å². The zero-order valence-corrected chi connectivity index (χ0v) is 18.1. The number of nitrogens with one attached hydrogen (secondary N) is 1. The lowest BCUT2D eigenvalue weighted by Crippen LogP contribution is -2.44. The molecule has 1 fully saturated rings. The molecular weight excluding hydrogens is 436 g/mol. The van der Waals surface area contributed by atoms with Gasteiger partial charge in [0.05, 0.1) is 23.0 Å². The van der Waals surface area contributed by atoms with Crippen molar-refractivity contribution >= 4 is 5.91 Å². The molecule has 0 saturated carbocycles. The molecule has 0 aliphatic carbocycles. The van der Waals surface area contributed by atoms with E-state index in [1.54, 1.807) is 31.2 Å². The van der Waals surface area contributed by atoms with Gasteiger partial charge in [-0.2, -0.15) is 18.3 Å². The Hall–Kier alpha value is -3.20. The number of halogens is 4. The SMILES string of the molecule is Cc1c(C(=O)NC2CCN(Cc3cccc(C(F)(F)F)c3)CC2)cnn1-c1ccccc1F. The maximum absolute atomic E-state index is 14.1. The average Bonchev–Trinajstić information content (AvgIpc) is 3.16. The van der Waals surface area contributed by atoms with Crippen molar-refractivity contribution in [3.8, 4) is 5.69 Å². The zero-order chi connectivity index (χ0) is 23.6. The number of hydrogen-bond acceptors (Lipinski definition) is 3. The van der Waals surface area contributed by atoms with Crippen molar-refractivity contribution in [3.63, 3.8) is 0 Å². The Balaban J connectivity index is 1.34. The number of carbonyl (C=O) groups excluding carboxylic acids is 1. The lowest BCUT2D eigenvalue weighted by molar-refractivity contribution is -0.137. The molecule has 33 heavy (non-hydrogen) atoms. The summed E-state index contributed by atoms with van der Waals surface area (Å²) < 4.78 is 54.3. The molecule has 1 saturated heterocycles. The summed E-state index contributed by atoms with van der Waals surface area (Å²) in [5, 5.41) is 7.18. The summed E-state index contributed by atoms with van der Waals surface area (Å²) in [5.74, 6) is -0.699. The summed E-state index contributed by atoms with van der Waals surface area (Å²) in [6.07, 6.45) is -1.55. The Morgan fingerprint density at radius 1 is 1.12 bits per heavy atom. The van der Waals surface area contributed by atoms with Gasteiger partial charge in [0.2, 0.25) is 0 Å². The number of aromatic nitrogens is 2. The van der Waals surface area contributed by atoms with Crippen LogP contribution < -0.4 is 5.32 Å². The van der Waals surface area contributed by atoms with Gasteiger partial charge in [-0.15, -0.1) is 0 Å². The fraction of sp³-hybridized carbons (Fsp3) is 0.333. The van der Waals surface area contributed by atoms with Crippen LogP contribution in [0.1, 0.15) is 40.0 Å². The molecule has 2 heterocycles. The van der Waals surface area contributed by atoms with Gasteiger partial charge >= 0.3 is 6.18 Å². The first-order chi connectivity index (χ1) is 15.7. The number of benzene rings is 2. The smallest absolute Gasteiger partial charge is 0.349 e. The third-order valence-electron chi connectivity index (χ3n) is 5.92. The predicted octanol–water partition coefficient (Wildman–Crippen LogP) is 4.73. The van der Waals surface area contributed by atoms with E-state index in [2.05, 4.69) is 15.3 Å². The molecule has 5 nitrogen and oxygen atoms in total. The standard InChI is InChI=1S/C24H24F4N4O/c1-16-20(14-29-32(16)22-8-3-2-7-21(22)25)23(33)30-19-9-11-31(12-10-19)15-17-5-4-6-18(13-17)24(26,27)28/h2-8,13-14,19H,9-12,15H2,1H3,(H,30,33). The van der Waals surface area contributed by atoms with E-state index >= 15 is 0 Å². The van der Waals surface area contributed by atoms with Crippen LogP contribution in [0.2, 0.25) is 0 Å². The van der Waals surface area contributed by atoms with Crippen LogP contribution in [0.25, 0.3) is 5.69 Å². The Morgan fingerprint density at radius 2 is 1.85 bits per heavy atom. The summed E-state index contributed by atoms with van der Waals surface area (Å²) in [4.78, 5) is 14.9. The van der Waals surface area contributed by atoms with Gasteiger partial charge in [0.1, 0.15) is 11.5 Å². The van der Waals surface area contributed by atoms with Crippen molar-refractivity contribution in [1.82, 2.24) is 20.0 Å². The van der Waals surface area contributed by atoms with Gasteiger partial charge in [-0.3, -0.25) is 9.69 Å². The molecule has 174 valence electrons. The molecule has 0 atom stereocenters. The molecule has 9 heteroatoms. The van der Waals surface area contributed by atoms with Crippen molar-refractivity contribution in [2.75, 3.05) is 13.1 Å². The van der Waals surface area contributed by atoms with E-state index in [0.717, 1.165) is 6.07 Å². The van der Waals surface area contributed by atoms with Crippen molar-refractivity contribution in [2.24, 2.45) is 0 Å². The van der Waals surface area contributed by atoms with Gasteiger partial charge < -0.3 is 5.32 Å². The molecule has 3 aromatic rings. The average molecular weight is 460 g/mol. The minimum absolute atomic E-state index is 0.0496. The van der Waals surface area contributed by atoms with Crippen molar-refractivity contribution < 1.29 is 22.4 Å². The maximum atomic E-state index is 14.1. The van der Waals surface area contributed by atoms with Gasteiger partial charge in [-0.1, -0.05) is 30.3 Å². The van der Waals surface area contributed by atoms with E-state index in [1.165, 1.54) is 29.1 Å². The summed E-state index contributed by atoms with van der Waals surface area (Å²) >= 11 is 0. The third-order valence-corrected chi connectivity index (χ3v) is 5.92. The number of rotatable bonds is 5. The summed E-state index contributed by atoms with van der Waals surface area (Å²) in [7, 11) is 0. The van der Waals surface area contributed by atoms with Crippen LogP contribution >= 0.6 is 0 Å². The molecule has 1 aliphatic heterocycles. The van der Waals surface area contributed by atoms with Crippen LogP contribution in [0, 0.1) is 12.7 Å². The molecule has 1 aromatic heterocycles. The van der Waals surface area contributed by atoms with Crippen LogP contribution in [0.3, 0.4) is 0 Å². The highest BCUT2D eigenvalue weighted by Gasteiger charge is 2.30. The van der Waals surface area contributed by atoms with Crippen molar-refractivity contribution in [3.05, 3.63) is 82.9 Å². The maximum Gasteiger partial charge on any atom is 0.416 e. The van der Waals surface area contributed by atoms with Crippen LogP contribution in [-0.4, -0.2) is 39.7 Å². The number of carbonyl (C=O) groups is 1. The second-order valence-corrected chi connectivity index (χ2v) is 8.23. The van der Waals surface area contributed by atoms with Crippen LogP contribution in [0.4, 0.5) is 17.6 Å². The van der Waals surface area contributed by atoms with Gasteiger partial charge in [-0.25, -0.2) is 9.07 Å². The minimum atomic E-state index is -4.36. The van der Waals surface area contributed by atoms with Crippen LogP contribution in [0.5, 0.6) is 0 Å². The quantitative estimate of drug-likeness (QED) is 0.560. The van der Waals surface area contributed by atoms with E-state index < -0.39 is 17.6 Å². The second kappa shape index (κ2) is 9.35. The van der Waals surface area contributed by atoms with Gasteiger partial charge in [0, 0.05) is 25.7 Å². The number of amides is 1. The first kappa shape index (κ1) is 23.0. The Kier molecular flexibility index (Phi) is 6.51.